The molecular weight excluding hydrogens is 853 g/mol. The Hall–Kier alpha value is -5.81. The van der Waals surface area contributed by atoms with E-state index in [0.29, 0.717) is 6.67 Å². The van der Waals surface area contributed by atoms with E-state index >= 15 is 0 Å². The molecule has 0 N–H and O–H groups in total. The third-order valence-electron chi connectivity index (χ3n) is 14.5. The summed E-state index contributed by atoms with van der Waals surface area (Å²) in [5.74, 6) is 2.51. The summed E-state index contributed by atoms with van der Waals surface area (Å²) >= 11 is 0. The number of nitrogens with zero attached hydrogens (tertiary/aromatic N) is 4. The molecule has 0 bridgehead atoms. The Bertz CT molecular complexity index is 3120. The van der Waals surface area contributed by atoms with Crippen molar-refractivity contribution in [3.05, 3.63) is 166 Å². The van der Waals surface area contributed by atoms with Gasteiger partial charge in [-0.15, -0.1) is 0 Å². The van der Waals surface area contributed by atoms with E-state index in [1.54, 1.807) is 0 Å². The van der Waals surface area contributed by atoms with Crippen LogP contribution in [0.5, 0.6) is 11.5 Å². The number of benzene rings is 5. The van der Waals surface area contributed by atoms with E-state index in [9.17, 15) is 0 Å². The maximum atomic E-state index is 7.15. The van der Waals surface area contributed by atoms with E-state index < -0.39 is 0 Å². The summed E-state index contributed by atoms with van der Waals surface area (Å²) in [5, 5.41) is 2.39. The Morgan fingerprint density at radius 2 is 0.914 bits per heavy atom. The summed E-state index contributed by atoms with van der Waals surface area (Å²) in [6.45, 7) is 47.2. The molecule has 0 saturated carbocycles. The van der Waals surface area contributed by atoms with E-state index in [2.05, 4.69) is 268 Å². The van der Waals surface area contributed by atoms with Gasteiger partial charge in [0.25, 0.3) is 0 Å². The van der Waals surface area contributed by atoms with Gasteiger partial charge in [-0.25, -0.2) is 4.98 Å². The normalized spacial score (nSPS) is 14.7. The van der Waals surface area contributed by atoms with Gasteiger partial charge in [-0.05, 0) is 116 Å². The monoisotopic (exact) mass is 935 g/mol. The topological polar surface area (TPSA) is 33.5 Å². The van der Waals surface area contributed by atoms with Crippen LogP contribution in [0, 0.1) is 10.8 Å². The molecule has 8 rings (SSSR count). The second kappa shape index (κ2) is 17.2. The lowest BCUT2D eigenvalue weighted by Gasteiger charge is -2.35. The highest BCUT2D eigenvalue weighted by Gasteiger charge is 2.43. The molecule has 5 heteroatoms. The molecule has 1 aliphatic heterocycles. The van der Waals surface area contributed by atoms with Crippen LogP contribution < -0.4 is 14.5 Å². The number of ether oxygens (including phenoxy) is 1. The first kappa shape index (κ1) is 50.6. The predicted molar refractivity (Wildman–Crippen MR) is 301 cm³/mol. The van der Waals surface area contributed by atoms with Gasteiger partial charge in [0, 0.05) is 68.1 Å². The van der Waals surface area contributed by atoms with Crippen molar-refractivity contribution in [1.29, 1.82) is 0 Å². The average molecular weight is 935 g/mol. The molecule has 3 heterocycles. The Labute approximate surface area is 422 Å². The van der Waals surface area contributed by atoms with Crippen molar-refractivity contribution < 1.29 is 4.74 Å². The van der Waals surface area contributed by atoms with Gasteiger partial charge in [-0.2, -0.15) is 0 Å². The minimum atomic E-state index is -0.206. The van der Waals surface area contributed by atoms with Gasteiger partial charge >= 0.3 is 0 Å². The molecule has 2 aromatic heterocycles. The van der Waals surface area contributed by atoms with Gasteiger partial charge in [-0.1, -0.05) is 181 Å². The maximum Gasteiger partial charge on any atom is 0.137 e. The molecule has 0 unspecified atom stereocenters. The Balaban J connectivity index is 1.29. The summed E-state index contributed by atoms with van der Waals surface area (Å²) in [6, 6.07) is 43.2. The fraction of sp³-hybridized carbons (Fsp3) is 0.431. The maximum absolute atomic E-state index is 7.15. The zero-order valence-electron chi connectivity index (χ0n) is 46.5. The van der Waals surface area contributed by atoms with Crippen molar-refractivity contribution in [3.8, 4) is 17.3 Å². The highest BCUT2D eigenvalue weighted by Crippen LogP contribution is 2.50. The standard InChI is InChI=1S/C65H82N4O/c1-59(2,3)43-26-29-54-53(37-43)52-28-27-50(40-55(52)69(54)56-38-44(30-31-66-56)60(4,5)6)70-51-36-46(62(10,11)12)34-49(39-51)68-41-67(57(63(13,14)15)58(68)64(16,17)18)48-33-45(61(7,8)9)32-47(35-48)65(19,20)42-24-22-21-23-25-42/h21-40H,41H2,1-20H3. The van der Waals surface area contributed by atoms with Crippen LogP contribution in [0.15, 0.2) is 133 Å². The first-order valence-corrected chi connectivity index (χ1v) is 25.6. The van der Waals surface area contributed by atoms with Gasteiger partial charge in [0.1, 0.15) is 17.3 Å². The van der Waals surface area contributed by atoms with Crippen molar-refractivity contribution in [2.24, 2.45) is 10.8 Å². The van der Waals surface area contributed by atoms with Crippen LogP contribution in [0.25, 0.3) is 27.6 Å². The molecule has 368 valence electrons. The first-order valence-electron chi connectivity index (χ1n) is 25.6. The second-order valence-electron chi connectivity index (χ2n) is 26.9. The lowest BCUT2D eigenvalue weighted by atomic mass is 9.75. The number of allylic oxidation sites excluding steroid dienone is 2. The van der Waals surface area contributed by atoms with Crippen molar-refractivity contribution in [3.63, 3.8) is 0 Å². The van der Waals surface area contributed by atoms with E-state index in [1.165, 1.54) is 61.2 Å². The minimum Gasteiger partial charge on any atom is -0.457 e. The van der Waals surface area contributed by atoms with Gasteiger partial charge < -0.3 is 14.5 Å². The number of fused-ring (bicyclic) bond motifs is 3. The van der Waals surface area contributed by atoms with Crippen LogP contribution in [-0.2, 0) is 27.1 Å². The summed E-state index contributed by atoms with van der Waals surface area (Å²) < 4.78 is 9.47. The highest BCUT2D eigenvalue weighted by atomic mass is 16.5. The number of anilines is 2. The zero-order chi connectivity index (χ0) is 51.3. The van der Waals surface area contributed by atoms with Crippen LogP contribution in [0.2, 0.25) is 0 Å². The molecule has 0 aliphatic carbocycles. The Kier molecular flexibility index (Phi) is 12.4. The molecule has 1 aliphatic rings. The molecular formula is C65H82N4O. The molecule has 0 amide bonds. The average Bonchev–Trinajstić information content (AvgIpc) is 3.83. The lowest BCUT2D eigenvalue weighted by molar-refractivity contribution is 0.444. The summed E-state index contributed by atoms with van der Waals surface area (Å²) in [4.78, 5) is 10.2. The van der Waals surface area contributed by atoms with E-state index in [0.717, 1.165) is 34.0 Å². The van der Waals surface area contributed by atoms with Crippen LogP contribution in [0.1, 0.15) is 172 Å². The number of hydrogen-bond donors (Lipinski definition) is 0. The Morgan fingerprint density at radius 3 is 1.47 bits per heavy atom. The number of aromatic nitrogens is 2. The fourth-order valence-corrected chi connectivity index (χ4v) is 10.2. The third-order valence-corrected chi connectivity index (χ3v) is 14.5. The van der Waals surface area contributed by atoms with Crippen LogP contribution in [-0.4, -0.2) is 16.2 Å². The Morgan fingerprint density at radius 1 is 0.386 bits per heavy atom. The van der Waals surface area contributed by atoms with Crippen LogP contribution in [0.3, 0.4) is 0 Å². The summed E-state index contributed by atoms with van der Waals surface area (Å²) in [6.07, 6.45) is 1.95. The first-order chi connectivity index (χ1) is 32.2. The van der Waals surface area contributed by atoms with Crippen molar-refractivity contribution in [1.82, 2.24) is 9.55 Å². The second-order valence-corrected chi connectivity index (χ2v) is 26.9. The zero-order valence-corrected chi connectivity index (χ0v) is 46.5. The summed E-state index contributed by atoms with van der Waals surface area (Å²) in [5.41, 5.74) is 14.2. The predicted octanol–water partition coefficient (Wildman–Crippen LogP) is 18.1. The molecule has 0 saturated heterocycles. The number of hydrogen-bond acceptors (Lipinski definition) is 4. The van der Waals surface area contributed by atoms with Gasteiger partial charge in [0.15, 0.2) is 0 Å². The van der Waals surface area contributed by atoms with E-state index in [4.69, 9.17) is 9.72 Å². The molecule has 5 aromatic carbocycles. The van der Waals surface area contributed by atoms with Crippen molar-refractivity contribution >= 4 is 33.2 Å². The molecule has 5 nitrogen and oxygen atoms in total. The van der Waals surface area contributed by atoms with Crippen molar-refractivity contribution in [2.75, 3.05) is 16.5 Å². The SMILES string of the molecule is CC(C)(C)C1=C(C(C)(C)C)N(c2cc(C(C)(C)C)cc(C(C)(C)c3ccccc3)c2)CN1c1cc(Oc2ccc3c4cc(C(C)(C)C)ccc4n(-c4cc(C(C)(C)C)ccn4)c3c2)cc(C(C)(C)C)c1. The fourth-order valence-electron chi connectivity index (χ4n) is 10.2. The molecule has 70 heavy (non-hydrogen) atoms. The summed E-state index contributed by atoms with van der Waals surface area (Å²) in [7, 11) is 0. The largest absolute Gasteiger partial charge is 0.457 e. The van der Waals surface area contributed by atoms with Gasteiger partial charge in [-0.3, -0.25) is 4.57 Å². The molecule has 0 atom stereocenters. The van der Waals surface area contributed by atoms with Gasteiger partial charge in [0.05, 0.1) is 17.7 Å². The molecule has 0 spiro atoms. The van der Waals surface area contributed by atoms with E-state index in [1.807, 2.05) is 6.20 Å². The lowest BCUT2D eigenvalue weighted by Crippen LogP contribution is -2.32. The molecule has 0 radical (unpaired) electrons. The van der Waals surface area contributed by atoms with Crippen molar-refractivity contribution in [2.45, 2.75) is 166 Å². The molecule has 0 fully saturated rings. The number of pyridine rings is 1. The molecule has 7 aromatic rings. The van der Waals surface area contributed by atoms with Gasteiger partial charge in [0.2, 0.25) is 0 Å². The van der Waals surface area contributed by atoms with E-state index in [-0.39, 0.29) is 37.9 Å². The highest BCUT2D eigenvalue weighted by molar-refractivity contribution is 6.09. The smallest absolute Gasteiger partial charge is 0.137 e. The third kappa shape index (κ3) is 9.79. The quantitative estimate of drug-likeness (QED) is 0.159. The minimum absolute atomic E-state index is 0.00654. The van der Waals surface area contributed by atoms with Crippen LogP contribution in [0.4, 0.5) is 11.4 Å². The number of rotatable bonds is 7. The van der Waals surface area contributed by atoms with Crippen LogP contribution >= 0.6 is 0 Å².